The van der Waals surface area contributed by atoms with Gasteiger partial charge < -0.3 is 65.7 Å². The number of aliphatic hydroxyl groups excluding tert-OH is 1. The molecule has 0 rings (SSSR count). The highest BCUT2D eigenvalue weighted by Crippen LogP contribution is 2.17. The SMILES string of the molecule is CCCCCCC(=O)O.CCCCCCCCCCCCC(=O)C[C@@H](CCC(=O)N[C@@H](CCC(=O)N[C@@H](CCC(=O)CCC)C(=O)O)C(=O)O)C(=O)O.CCOCCOCC(=O)NCCOCCOCC(=O)NCCCC[C@H](CC)C(=O)CO. The molecule has 9 N–H and O–H groups in total. The van der Waals surface area contributed by atoms with Crippen molar-refractivity contribution in [3.05, 3.63) is 0 Å². The number of Topliss-reactive ketones (excluding diaryl/α,β-unsaturated/α-hetero) is 3. The van der Waals surface area contributed by atoms with Gasteiger partial charge in [-0.1, -0.05) is 111 Å². The number of carbonyl (C=O) groups is 11. The average Bonchev–Trinajstić information content (AvgIpc) is 3.50. The van der Waals surface area contributed by atoms with Crippen LogP contribution in [0.3, 0.4) is 0 Å². The molecular weight excluding hydrogens is 1100 g/mol. The van der Waals surface area contributed by atoms with E-state index in [-0.39, 0.29) is 99.8 Å². The first-order chi connectivity index (χ1) is 40.2. The van der Waals surface area contributed by atoms with Gasteiger partial charge in [0.15, 0.2) is 5.78 Å². The quantitative estimate of drug-likeness (QED) is 0.0279. The number of carboxylic acid groups (broad SMARTS) is 4. The number of unbranched alkanes of at least 4 members (excludes halogenated alkanes) is 13. The van der Waals surface area contributed by atoms with Gasteiger partial charge in [0.25, 0.3) is 0 Å². The number of nitrogens with one attached hydrogen (secondary N) is 4. The third-order valence-corrected chi connectivity index (χ3v) is 13.2. The third-order valence-electron chi connectivity index (χ3n) is 13.2. The van der Waals surface area contributed by atoms with Crippen LogP contribution in [-0.4, -0.2) is 175 Å². The lowest BCUT2D eigenvalue weighted by Gasteiger charge is -2.17. The molecule has 0 saturated heterocycles. The Kier molecular flexibility index (Phi) is 58.4. The number of ether oxygens (including phenoxy) is 4. The second-order valence-electron chi connectivity index (χ2n) is 20.6. The van der Waals surface area contributed by atoms with Crippen molar-refractivity contribution in [1.29, 1.82) is 0 Å². The van der Waals surface area contributed by atoms with E-state index in [4.69, 9.17) is 29.2 Å². The number of rotatable bonds is 56. The van der Waals surface area contributed by atoms with Crippen LogP contribution in [0.4, 0.5) is 0 Å². The number of aliphatic carboxylic acids is 4. The van der Waals surface area contributed by atoms with Gasteiger partial charge in [-0.25, -0.2) is 9.59 Å². The van der Waals surface area contributed by atoms with E-state index in [2.05, 4.69) is 35.1 Å². The van der Waals surface area contributed by atoms with Crippen molar-refractivity contribution < 1.29 is 97.2 Å². The summed E-state index contributed by atoms with van der Waals surface area (Å²) in [5, 5.41) is 55.4. The number of carbonyl (C=O) groups excluding carboxylic acids is 7. The summed E-state index contributed by atoms with van der Waals surface area (Å²) in [6.45, 7) is 12.8. The number of ketones is 3. The molecule has 0 fully saturated rings. The van der Waals surface area contributed by atoms with Crippen LogP contribution in [0.25, 0.3) is 0 Å². The summed E-state index contributed by atoms with van der Waals surface area (Å²) < 4.78 is 20.8. The largest absolute Gasteiger partial charge is 0.481 e. The van der Waals surface area contributed by atoms with Crippen LogP contribution < -0.4 is 21.3 Å². The first kappa shape index (κ1) is 82.8. The van der Waals surface area contributed by atoms with Crippen LogP contribution in [0, 0.1) is 11.8 Å². The van der Waals surface area contributed by atoms with E-state index in [9.17, 15) is 68.1 Å². The predicted octanol–water partition coefficient (Wildman–Crippen LogP) is 6.91. The molecule has 0 saturated carbocycles. The van der Waals surface area contributed by atoms with Gasteiger partial charge in [0.2, 0.25) is 23.6 Å². The Morgan fingerprint density at radius 1 is 0.393 bits per heavy atom. The summed E-state index contributed by atoms with van der Waals surface area (Å²) in [7, 11) is 0. The van der Waals surface area contributed by atoms with Crippen molar-refractivity contribution in [1.82, 2.24) is 21.3 Å². The minimum absolute atomic E-state index is 0.00866. The number of amides is 4. The summed E-state index contributed by atoms with van der Waals surface area (Å²) in [4.78, 5) is 128. The zero-order valence-electron chi connectivity index (χ0n) is 51.5. The van der Waals surface area contributed by atoms with Gasteiger partial charge in [-0.15, -0.1) is 0 Å². The van der Waals surface area contributed by atoms with Crippen LogP contribution in [0.2, 0.25) is 0 Å². The Bertz CT molecular complexity index is 1800. The Balaban J connectivity index is -0.00000142. The molecule has 0 radical (unpaired) electrons. The van der Waals surface area contributed by atoms with Crippen LogP contribution in [0.1, 0.15) is 221 Å². The lowest BCUT2D eigenvalue weighted by molar-refractivity contribution is -0.145. The smallest absolute Gasteiger partial charge is 0.326 e. The maximum atomic E-state index is 12.4. The average molecular weight is 1210 g/mol. The van der Waals surface area contributed by atoms with Crippen LogP contribution in [0.15, 0.2) is 0 Å². The molecule has 488 valence electrons. The van der Waals surface area contributed by atoms with E-state index in [1.54, 1.807) is 0 Å². The highest BCUT2D eigenvalue weighted by molar-refractivity contribution is 5.87. The minimum atomic E-state index is -1.45. The van der Waals surface area contributed by atoms with Crippen molar-refractivity contribution in [3.8, 4) is 0 Å². The molecule has 84 heavy (non-hydrogen) atoms. The van der Waals surface area contributed by atoms with E-state index >= 15 is 0 Å². The molecule has 0 aliphatic carbocycles. The molecular formula is C60H108N4O20. The number of hydrogen-bond donors (Lipinski definition) is 9. The fraction of sp³-hybridized carbons (Fsp3) is 0.817. The fourth-order valence-electron chi connectivity index (χ4n) is 8.18. The molecule has 0 aromatic rings. The number of aliphatic hydroxyl groups is 1. The molecule has 0 aliphatic rings. The van der Waals surface area contributed by atoms with Crippen LogP contribution in [-0.2, 0) is 71.7 Å². The molecule has 0 spiro atoms. The molecule has 0 heterocycles. The summed E-state index contributed by atoms with van der Waals surface area (Å²) in [6.07, 6.45) is 18.5. The number of carboxylic acids is 4. The maximum absolute atomic E-state index is 12.4. The summed E-state index contributed by atoms with van der Waals surface area (Å²) in [6, 6.07) is -2.76. The summed E-state index contributed by atoms with van der Waals surface area (Å²) in [5.41, 5.74) is 0. The molecule has 0 bridgehead atoms. The van der Waals surface area contributed by atoms with E-state index in [1.807, 2.05) is 20.8 Å². The molecule has 0 unspecified atom stereocenters. The second kappa shape index (κ2) is 59.3. The first-order valence-electron chi connectivity index (χ1n) is 30.7. The lowest BCUT2D eigenvalue weighted by Crippen LogP contribution is -2.44. The molecule has 4 amide bonds. The highest BCUT2D eigenvalue weighted by Gasteiger charge is 2.27. The van der Waals surface area contributed by atoms with Gasteiger partial charge in [0.05, 0.1) is 39.0 Å². The molecule has 0 aliphatic heterocycles. The molecule has 0 aromatic heterocycles. The normalized spacial score (nSPS) is 12.2. The van der Waals surface area contributed by atoms with Crippen LogP contribution >= 0.6 is 0 Å². The summed E-state index contributed by atoms with van der Waals surface area (Å²) in [5.74, 6) is -8.08. The van der Waals surface area contributed by atoms with Crippen molar-refractivity contribution in [3.63, 3.8) is 0 Å². The second-order valence-corrected chi connectivity index (χ2v) is 20.6. The predicted molar refractivity (Wildman–Crippen MR) is 315 cm³/mol. The highest BCUT2D eigenvalue weighted by atomic mass is 16.5. The van der Waals surface area contributed by atoms with Gasteiger partial charge in [-0.05, 0) is 64.7 Å². The van der Waals surface area contributed by atoms with Gasteiger partial charge in [-0.2, -0.15) is 0 Å². The lowest BCUT2D eigenvalue weighted by atomic mass is 9.94. The molecule has 0 aromatic carbocycles. The Morgan fingerprint density at radius 3 is 1.36 bits per heavy atom. The van der Waals surface area contributed by atoms with Gasteiger partial charge in [0, 0.05) is 70.6 Å². The van der Waals surface area contributed by atoms with Gasteiger partial charge in [0.1, 0.15) is 43.5 Å². The minimum Gasteiger partial charge on any atom is -0.481 e. The molecule has 24 heteroatoms. The van der Waals surface area contributed by atoms with Gasteiger partial charge >= 0.3 is 23.9 Å². The third kappa shape index (κ3) is 55.7. The zero-order valence-corrected chi connectivity index (χ0v) is 51.5. The first-order valence-corrected chi connectivity index (χ1v) is 30.7. The Labute approximate surface area is 499 Å². The van der Waals surface area contributed by atoms with E-state index < -0.39 is 66.7 Å². The number of hydrogen-bond acceptors (Lipinski definition) is 16. The topological polar surface area (TPSA) is 374 Å². The standard InChI is InChI=1S/C32H54N2O10.C21H40N2O8.C7H14O2/c1-3-5-6-7-8-9-10-11-12-13-15-25(36)22-23(30(39)40)16-20-28(37)34-27(32(43)44)19-21-29(38)33-26(31(41)42)18-17-24(35)14-4-2;1-3-18(19(25)15-24)7-5-6-8-22-20(26)16-31-14-12-29-10-9-23-21(27)17-30-13-11-28-4-2;1-2-3-4-5-6-7(8)9/h23,26-27H,3-22H2,1-2H3,(H,33,38)(H,34,37)(H,39,40)(H,41,42)(H,43,44);18,24H,3-17H2,1-2H3,(H,22,26)(H,23,27);2-6H2,1H3,(H,8,9)/t23-,26+,27+;18-;/m10./s1. The van der Waals surface area contributed by atoms with Crippen molar-refractivity contribution >= 4 is 64.9 Å². The van der Waals surface area contributed by atoms with Gasteiger partial charge in [-0.3, -0.25) is 43.2 Å². The van der Waals surface area contributed by atoms with Crippen molar-refractivity contribution in [2.75, 3.05) is 72.6 Å². The molecule has 24 nitrogen and oxygen atoms in total. The zero-order chi connectivity index (χ0) is 63.6. The van der Waals surface area contributed by atoms with Crippen molar-refractivity contribution in [2.24, 2.45) is 11.8 Å². The Morgan fingerprint density at radius 2 is 0.869 bits per heavy atom. The monoisotopic (exact) mass is 1200 g/mol. The summed E-state index contributed by atoms with van der Waals surface area (Å²) >= 11 is 0. The molecule has 4 atom stereocenters. The van der Waals surface area contributed by atoms with E-state index in [0.717, 1.165) is 64.2 Å². The maximum Gasteiger partial charge on any atom is 0.326 e. The fourth-order valence-corrected chi connectivity index (χ4v) is 8.18. The Hall–Kier alpha value is -5.43. The van der Waals surface area contributed by atoms with E-state index in [1.165, 1.54) is 44.9 Å². The van der Waals surface area contributed by atoms with E-state index in [0.29, 0.717) is 71.8 Å². The van der Waals surface area contributed by atoms with Crippen LogP contribution in [0.5, 0.6) is 0 Å². The van der Waals surface area contributed by atoms with Crippen molar-refractivity contribution in [2.45, 2.75) is 233 Å².